The molecule has 1 aliphatic rings. The van der Waals surface area contributed by atoms with E-state index in [9.17, 15) is 22.8 Å². The van der Waals surface area contributed by atoms with Gasteiger partial charge in [-0.3, -0.25) is 19.2 Å². The molecule has 1 aliphatic heterocycles. The van der Waals surface area contributed by atoms with Crippen LogP contribution in [0, 0.1) is 5.92 Å². The van der Waals surface area contributed by atoms with Crippen LogP contribution in [0.15, 0.2) is 35.2 Å². The molecule has 0 bridgehead atoms. The summed E-state index contributed by atoms with van der Waals surface area (Å²) >= 11 is 0. The van der Waals surface area contributed by atoms with Gasteiger partial charge in [-0.2, -0.15) is 5.10 Å². The first-order chi connectivity index (χ1) is 15.7. The zero-order valence-corrected chi connectivity index (χ0v) is 17.6. The molecule has 1 unspecified atom stereocenters. The van der Waals surface area contributed by atoms with Gasteiger partial charge in [0.1, 0.15) is 17.8 Å². The maximum Gasteiger partial charge on any atom is 0.287 e. The summed E-state index contributed by atoms with van der Waals surface area (Å²) in [6.07, 6.45) is -1.16. The van der Waals surface area contributed by atoms with Gasteiger partial charge in [-0.05, 0) is 18.6 Å². The van der Waals surface area contributed by atoms with Crippen LogP contribution in [0.25, 0.3) is 11.5 Å². The lowest BCUT2D eigenvalue weighted by atomic mass is 10.1. The Morgan fingerprint density at radius 1 is 1.33 bits per heavy atom. The number of nitrogens with one attached hydrogen (secondary N) is 2. The lowest BCUT2D eigenvalue weighted by Crippen LogP contribution is -2.28. The molecule has 0 spiro atoms. The fraction of sp³-hybridized carbons (Fsp3) is 0.350. The number of hydrogen-bond donors (Lipinski definition) is 2. The Morgan fingerprint density at radius 3 is 2.82 bits per heavy atom. The van der Waals surface area contributed by atoms with Gasteiger partial charge in [0.05, 0.1) is 6.20 Å². The van der Waals surface area contributed by atoms with Crippen LogP contribution in [0.4, 0.5) is 30.5 Å². The van der Waals surface area contributed by atoms with Crippen LogP contribution in [-0.2, 0) is 11.8 Å². The van der Waals surface area contributed by atoms with Crippen molar-refractivity contribution in [2.24, 2.45) is 13.0 Å². The second-order valence-corrected chi connectivity index (χ2v) is 7.52. The number of amides is 2. The zero-order chi connectivity index (χ0) is 23.7. The van der Waals surface area contributed by atoms with Crippen LogP contribution in [0.2, 0.25) is 0 Å². The highest BCUT2D eigenvalue weighted by Crippen LogP contribution is 2.30. The molecular weight excluding hydrogens is 443 g/mol. The van der Waals surface area contributed by atoms with E-state index in [4.69, 9.17) is 4.42 Å². The number of halogens is 3. The van der Waals surface area contributed by atoms with Gasteiger partial charge in [0.15, 0.2) is 11.5 Å². The summed E-state index contributed by atoms with van der Waals surface area (Å²) in [6, 6.07) is 2.73. The number of aryl methyl sites for hydroxylation is 1. The Hall–Kier alpha value is -3.90. The van der Waals surface area contributed by atoms with E-state index in [-0.39, 0.29) is 29.2 Å². The van der Waals surface area contributed by atoms with Crippen LogP contribution in [-0.4, -0.2) is 50.8 Å². The average molecular weight is 463 g/mol. The highest BCUT2D eigenvalue weighted by Gasteiger charge is 2.32. The smallest absolute Gasteiger partial charge is 0.287 e. The predicted octanol–water partition coefficient (Wildman–Crippen LogP) is 3.07. The third kappa shape index (κ3) is 4.66. The summed E-state index contributed by atoms with van der Waals surface area (Å²) in [5, 5.41) is 8.90. The number of rotatable bonds is 7. The summed E-state index contributed by atoms with van der Waals surface area (Å²) in [5.74, 6) is -0.595. The van der Waals surface area contributed by atoms with Crippen molar-refractivity contribution in [1.29, 1.82) is 0 Å². The predicted molar refractivity (Wildman–Crippen MR) is 112 cm³/mol. The summed E-state index contributed by atoms with van der Waals surface area (Å²) in [6.45, 7) is 2.33. The summed E-state index contributed by atoms with van der Waals surface area (Å²) < 4.78 is 44.9. The number of hydrogen-bond acceptors (Lipinski definition) is 7. The van der Waals surface area contributed by atoms with Crippen LogP contribution >= 0.6 is 0 Å². The van der Waals surface area contributed by atoms with E-state index in [0.29, 0.717) is 30.0 Å². The highest BCUT2D eigenvalue weighted by molar-refractivity contribution is 6.06. The average Bonchev–Trinajstić information content (AvgIpc) is 3.48. The molecule has 1 fully saturated rings. The van der Waals surface area contributed by atoms with E-state index in [0.717, 1.165) is 6.26 Å². The molecular formula is C20H20F3N7O3. The van der Waals surface area contributed by atoms with Crippen molar-refractivity contribution in [3.63, 3.8) is 0 Å². The van der Waals surface area contributed by atoms with Crippen molar-refractivity contribution in [1.82, 2.24) is 19.7 Å². The molecule has 2 N–H and O–H groups in total. The van der Waals surface area contributed by atoms with E-state index in [1.54, 1.807) is 13.2 Å². The third-order valence-corrected chi connectivity index (χ3v) is 5.04. The number of aromatic nitrogens is 4. The number of carbonyl (C=O) groups is 2. The Kier molecular flexibility index (Phi) is 6.03. The van der Waals surface area contributed by atoms with E-state index >= 15 is 0 Å². The molecule has 0 saturated carbocycles. The minimum atomic E-state index is -3.22. The Bertz CT molecular complexity index is 1180. The number of carbonyl (C=O) groups excluding carboxylic acids is 2. The molecule has 3 aromatic rings. The monoisotopic (exact) mass is 463 g/mol. The summed E-state index contributed by atoms with van der Waals surface area (Å²) in [7, 11) is 1.67. The van der Waals surface area contributed by atoms with Gasteiger partial charge in [-0.1, -0.05) is 6.92 Å². The topological polar surface area (TPSA) is 118 Å². The zero-order valence-electron chi connectivity index (χ0n) is 17.6. The minimum Gasteiger partial charge on any atom is -0.444 e. The number of alkyl halides is 3. The van der Waals surface area contributed by atoms with Gasteiger partial charge < -0.3 is 15.1 Å². The van der Waals surface area contributed by atoms with Crippen LogP contribution in [0.1, 0.15) is 23.8 Å². The standard InChI is InChI=1S/C20H20F3N7O3/c1-10-4-6-30(20(10)32)17-12(8-29(2)28-17)25-18(31)13-9-33-19(26-13)11-3-5-24-14(7-11)27-16(23)15(21)22/h3,5,7-10,15-16H,4,6H2,1-2H3,(H,24,27)(H,25,31)/t10-,16?/m0/s1. The molecule has 13 heteroatoms. The molecule has 0 radical (unpaired) electrons. The van der Waals surface area contributed by atoms with E-state index in [2.05, 4.69) is 20.4 Å². The van der Waals surface area contributed by atoms with Gasteiger partial charge in [0.2, 0.25) is 18.1 Å². The van der Waals surface area contributed by atoms with Gasteiger partial charge in [0.25, 0.3) is 12.3 Å². The molecule has 2 atom stereocenters. The second kappa shape index (κ2) is 8.92. The molecule has 4 heterocycles. The first kappa shape index (κ1) is 22.3. The van der Waals surface area contributed by atoms with Crippen molar-refractivity contribution in [2.75, 3.05) is 22.1 Å². The van der Waals surface area contributed by atoms with Gasteiger partial charge in [-0.15, -0.1) is 0 Å². The van der Waals surface area contributed by atoms with Crippen molar-refractivity contribution < 1.29 is 27.2 Å². The largest absolute Gasteiger partial charge is 0.444 e. The van der Waals surface area contributed by atoms with Crippen LogP contribution in [0.5, 0.6) is 0 Å². The van der Waals surface area contributed by atoms with Crippen LogP contribution in [0.3, 0.4) is 0 Å². The number of oxazole rings is 1. The van der Waals surface area contributed by atoms with E-state index < -0.39 is 18.6 Å². The fourth-order valence-electron chi connectivity index (χ4n) is 3.34. The quantitative estimate of drug-likeness (QED) is 0.517. The molecule has 0 aromatic carbocycles. The summed E-state index contributed by atoms with van der Waals surface area (Å²) in [4.78, 5) is 34.5. The minimum absolute atomic E-state index is 0.00742. The second-order valence-electron chi connectivity index (χ2n) is 7.52. The van der Waals surface area contributed by atoms with E-state index in [1.807, 2.05) is 12.2 Å². The third-order valence-electron chi connectivity index (χ3n) is 5.04. The molecule has 4 rings (SSSR count). The normalized spacial score (nSPS) is 17.0. The molecule has 0 aliphatic carbocycles. The lowest BCUT2D eigenvalue weighted by molar-refractivity contribution is -0.119. The summed E-state index contributed by atoms with van der Waals surface area (Å²) in [5.41, 5.74) is 0.570. The van der Waals surface area contributed by atoms with Crippen molar-refractivity contribution >= 4 is 29.1 Å². The highest BCUT2D eigenvalue weighted by atomic mass is 19.3. The molecule has 174 valence electrons. The van der Waals surface area contributed by atoms with Gasteiger partial charge >= 0.3 is 0 Å². The van der Waals surface area contributed by atoms with Crippen LogP contribution < -0.4 is 15.5 Å². The van der Waals surface area contributed by atoms with Gasteiger partial charge in [-0.25, -0.2) is 23.1 Å². The number of anilines is 3. The first-order valence-electron chi connectivity index (χ1n) is 10.00. The Balaban J connectivity index is 1.50. The lowest BCUT2D eigenvalue weighted by Gasteiger charge is -2.15. The number of nitrogens with zero attached hydrogens (tertiary/aromatic N) is 5. The Morgan fingerprint density at radius 2 is 2.12 bits per heavy atom. The molecule has 3 aromatic heterocycles. The maximum absolute atomic E-state index is 13.2. The van der Waals surface area contributed by atoms with E-state index in [1.165, 1.54) is 27.9 Å². The fourth-order valence-corrected chi connectivity index (χ4v) is 3.34. The molecule has 2 amide bonds. The first-order valence-corrected chi connectivity index (χ1v) is 10.00. The number of pyridine rings is 1. The van der Waals surface area contributed by atoms with Crippen molar-refractivity contribution in [3.05, 3.63) is 36.5 Å². The molecule has 1 saturated heterocycles. The van der Waals surface area contributed by atoms with Gasteiger partial charge in [0, 0.05) is 31.3 Å². The SMILES string of the molecule is C[C@H]1CCN(c2nn(C)cc2NC(=O)c2coc(-c3ccnc(NC(F)C(F)F)c3)n2)C1=O. The molecule has 33 heavy (non-hydrogen) atoms. The maximum atomic E-state index is 13.2. The van der Waals surface area contributed by atoms with Crippen molar-refractivity contribution in [3.8, 4) is 11.5 Å². The van der Waals surface area contributed by atoms with Crippen molar-refractivity contribution in [2.45, 2.75) is 26.1 Å². The molecule has 10 nitrogen and oxygen atoms in total. The Labute approximate surface area is 185 Å².